The summed E-state index contributed by atoms with van der Waals surface area (Å²) in [5.74, 6) is -0.411. The van der Waals surface area contributed by atoms with Crippen molar-refractivity contribution in [3.05, 3.63) is 46.6 Å². The van der Waals surface area contributed by atoms with E-state index in [2.05, 4.69) is 10.4 Å². The van der Waals surface area contributed by atoms with Crippen molar-refractivity contribution in [3.63, 3.8) is 0 Å². The van der Waals surface area contributed by atoms with Gasteiger partial charge in [-0.15, -0.1) is 0 Å². The van der Waals surface area contributed by atoms with Crippen molar-refractivity contribution in [2.24, 2.45) is 0 Å². The van der Waals surface area contributed by atoms with E-state index in [0.29, 0.717) is 10.6 Å². The molecule has 1 aromatic carbocycles. The van der Waals surface area contributed by atoms with Crippen LogP contribution in [0.25, 0.3) is 0 Å². The molecule has 1 aromatic rings. The molecule has 0 amide bonds. The number of hydrogen-bond acceptors (Lipinski definition) is 4. The Bertz CT molecular complexity index is 457. The van der Waals surface area contributed by atoms with Crippen molar-refractivity contribution in [1.29, 1.82) is 0 Å². The zero-order valence-electron chi connectivity index (χ0n) is 10.1. The van der Waals surface area contributed by atoms with E-state index < -0.39 is 5.97 Å². The van der Waals surface area contributed by atoms with Gasteiger partial charge >= 0.3 is 5.97 Å². The Hall–Kier alpha value is -1.52. The van der Waals surface area contributed by atoms with Gasteiger partial charge in [0.15, 0.2) is 0 Å². The van der Waals surface area contributed by atoms with E-state index in [1.165, 1.54) is 0 Å². The molecule has 5 heteroatoms. The molecule has 0 saturated carbocycles. The van der Waals surface area contributed by atoms with Crippen LogP contribution in [0.5, 0.6) is 0 Å². The summed E-state index contributed by atoms with van der Waals surface area (Å²) in [6.45, 7) is 1.82. The Balaban J connectivity index is 1.87. The van der Waals surface area contributed by atoms with E-state index in [0.717, 1.165) is 25.2 Å². The van der Waals surface area contributed by atoms with E-state index in [1.807, 2.05) is 13.1 Å². The van der Waals surface area contributed by atoms with Gasteiger partial charge in [0.05, 0.1) is 5.56 Å². The van der Waals surface area contributed by atoms with Gasteiger partial charge < -0.3 is 9.74 Å². The first kappa shape index (κ1) is 12.9. The molecule has 1 aliphatic rings. The molecule has 0 radical (unpaired) electrons. The number of carbonyl (C=O) groups is 1. The highest BCUT2D eigenvalue weighted by atomic mass is 35.5. The van der Waals surface area contributed by atoms with E-state index in [9.17, 15) is 4.79 Å². The minimum absolute atomic E-state index is 0.411. The molecule has 1 heterocycles. The largest absolute Gasteiger partial charge is 0.362 e. The average Bonchev–Trinajstić information content (AvgIpc) is 2.38. The number of carbonyl (C=O) groups excluding carboxylic acids is 1. The topological polar surface area (TPSA) is 41.6 Å². The number of benzene rings is 1. The Kier molecular flexibility index (Phi) is 4.23. The Labute approximate surface area is 111 Å². The van der Waals surface area contributed by atoms with Gasteiger partial charge in [-0.2, -0.15) is 0 Å². The van der Waals surface area contributed by atoms with Crippen LogP contribution < -0.4 is 5.48 Å². The van der Waals surface area contributed by atoms with Crippen LogP contribution in [0.3, 0.4) is 0 Å². The van der Waals surface area contributed by atoms with Crippen LogP contribution >= 0.6 is 11.6 Å². The second-order valence-corrected chi connectivity index (χ2v) is 4.68. The number of rotatable bonds is 3. The maximum Gasteiger partial charge on any atom is 0.362 e. The lowest BCUT2D eigenvalue weighted by Crippen LogP contribution is -2.29. The number of hydroxylamine groups is 1. The molecule has 96 valence electrons. The van der Waals surface area contributed by atoms with Gasteiger partial charge in [0.2, 0.25) is 0 Å². The van der Waals surface area contributed by atoms with Crippen LogP contribution in [-0.2, 0) is 4.84 Å². The molecular weight excluding hydrogens is 252 g/mol. The van der Waals surface area contributed by atoms with Crippen molar-refractivity contribution >= 4 is 17.6 Å². The van der Waals surface area contributed by atoms with E-state index in [1.54, 1.807) is 24.3 Å². The number of halogens is 1. The summed E-state index contributed by atoms with van der Waals surface area (Å²) in [7, 11) is 2.05. The van der Waals surface area contributed by atoms with Crippen molar-refractivity contribution in [3.8, 4) is 0 Å². The summed E-state index contributed by atoms with van der Waals surface area (Å²) in [6, 6.07) is 6.59. The predicted octanol–water partition coefficient (Wildman–Crippen LogP) is 2.22. The maximum atomic E-state index is 11.7. The van der Waals surface area contributed by atoms with Gasteiger partial charge in [-0.05, 0) is 37.4 Å². The molecule has 1 aliphatic heterocycles. The van der Waals surface area contributed by atoms with Crippen LogP contribution in [0.15, 0.2) is 36.0 Å². The SMILES string of the molecule is CN1CC=C(NOC(=O)c2ccc(Cl)cc2)CC1. The third kappa shape index (κ3) is 3.48. The first-order valence-corrected chi connectivity index (χ1v) is 6.13. The third-order valence-electron chi connectivity index (χ3n) is 2.77. The first-order valence-electron chi connectivity index (χ1n) is 5.75. The molecule has 0 fully saturated rings. The Morgan fingerprint density at radius 2 is 2.11 bits per heavy atom. The molecule has 1 N–H and O–H groups in total. The molecule has 18 heavy (non-hydrogen) atoms. The van der Waals surface area contributed by atoms with Crippen molar-refractivity contribution < 1.29 is 9.63 Å². The van der Waals surface area contributed by atoms with Crippen LogP contribution in [0.2, 0.25) is 5.02 Å². The predicted molar refractivity (Wildman–Crippen MR) is 70.2 cm³/mol. The van der Waals surface area contributed by atoms with Crippen LogP contribution in [-0.4, -0.2) is 31.0 Å². The normalized spacial score (nSPS) is 16.0. The summed E-state index contributed by atoms with van der Waals surface area (Å²) in [5.41, 5.74) is 4.12. The summed E-state index contributed by atoms with van der Waals surface area (Å²) < 4.78 is 0. The lowest BCUT2D eigenvalue weighted by molar-refractivity contribution is 0.0310. The molecule has 2 rings (SSSR count). The highest BCUT2D eigenvalue weighted by molar-refractivity contribution is 6.30. The fourth-order valence-corrected chi connectivity index (χ4v) is 1.75. The molecule has 0 unspecified atom stereocenters. The summed E-state index contributed by atoms with van der Waals surface area (Å²) in [4.78, 5) is 18.9. The molecule has 4 nitrogen and oxygen atoms in total. The van der Waals surface area contributed by atoms with Crippen LogP contribution in [0.4, 0.5) is 0 Å². The highest BCUT2D eigenvalue weighted by Gasteiger charge is 2.11. The lowest BCUT2D eigenvalue weighted by atomic mass is 10.2. The second-order valence-electron chi connectivity index (χ2n) is 4.24. The fourth-order valence-electron chi connectivity index (χ4n) is 1.62. The first-order chi connectivity index (χ1) is 8.65. The molecule has 0 saturated heterocycles. The number of nitrogens with zero attached hydrogens (tertiary/aromatic N) is 1. The minimum atomic E-state index is -0.411. The zero-order chi connectivity index (χ0) is 13.0. The lowest BCUT2D eigenvalue weighted by Gasteiger charge is -2.22. The quantitative estimate of drug-likeness (QED) is 0.852. The Morgan fingerprint density at radius 1 is 1.39 bits per heavy atom. The average molecular weight is 267 g/mol. The van der Waals surface area contributed by atoms with Crippen molar-refractivity contribution in [2.75, 3.05) is 20.1 Å². The highest BCUT2D eigenvalue weighted by Crippen LogP contribution is 2.11. The van der Waals surface area contributed by atoms with Crippen molar-refractivity contribution in [2.45, 2.75) is 6.42 Å². The van der Waals surface area contributed by atoms with Gasteiger partial charge in [0.25, 0.3) is 0 Å². The summed E-state index contributed by atoms with van der Waals surface area (Å²) in [6.07, 6.45) is 2.86. The van der Waals surface area contributed by atoms with Gasteiger partial charge in [-0.3, -0.25) is 0 Å². The van der Waals surface area contributed by atoms with Gasteiger partial charge in [0, 0.05) is 30.2 Å². The molecule has 0 atom stereocenters. The number of likely N-dealkylation sites (N-methyl/N-ethyl adjacent to an activating group) is 1. The number of hydrogen-bond donors (Lipinski definition) is 1. The molecule has 0 aromatic heterocycles. The molecule has 0 spiro atoms. The zero-order valence-corrected chi connectivity index (χ0v) is 10.9. The van der Waals surface area contributed by atoms with Crippen LogP contribution in [0.1, 0.15) is 16.8 Å². The summed E-state index contributed by atoms with van der Waals surface area (Å²) in [5, 5.41) is 0.595. The van der Waals surface area contributed by atoms with Gasteiger partial charge in [-0.25, -0.2) is 10.3 Å². The fraction of sp³-hybridized carbons (Fsp3) is 0.308. The minimum Gasteiger partial charge on any atom is -0.338 e. The maximum absolute atomic E-state index is 11.7. The third-order valence-corrected chi connectivity index (χ3v) is 3.02. The number of nitrogens with one attached hydrogen (secondary N) is 1. The monoisotopic (exact) mass is 266 g/mol. The van der Waals surface area contributed by atoms with E-state index in [-0.39, 0.29) is 0 Å². The van der Waals surface area contributed by atoms with E-state index >= 15 is 0 Å². The molecule has 0 bridgehead atoms. The van der Waals surface area contributed by atoms with Crippen LogP contribution in [0, 0.1) is 0 Å². The second kappa shape index (κ2) is 5.89. The molecule has 0 aliphatic carbocycles. The van der Waals surface area contributed by atoms with Gasteiger partial charge in [0.1, 0.15) is 0 Å². The Morgan fingerprint density at radius 3 is 2.72 bits per heavy atom. The van der Waals surface area contributed by atoms with E-state index in [4.69, 9.17) is 16.4 Å². The van der Waals surface area contributed by atoms with Gasteiger partial charge in [-0.1, -0.05) is 11.6 Å². The summed E-state index contributed by atoms with van der Waals surface area (Å²) >= 11 is 5.75. The smallest absolute Gasteiger partial charge is 0.338 e. The standard InChI is InChI=1S/C13H15ClN2O2/c1-16-8-6-12(7-9-16)15-18-13(17)10-2-4-11(14)5-3-10/h2-6,15H,7-9H2,1H3. The van der Waals surface area contributed by atoms with Crippen molar-refractivity contribution in [1.82, 2.24) is 10.4 Å². The molecular formula is C13H15ClN2O2.